The first-order valence-corrected chi connectivity index (χ1v) is 9.39. The highest BCUT2D eigenvalue weighted by Gasteiger charge is 2.19. The largest absolute Gasteiger partial charge is 0.360 e. The van der Waals surface area contributed by atoms with Gasteiger partial charge < -0.3 is 14.7 Å². The Kier molecular flexibility index (Phi) is 5.34. The van der Waals surface area contributed by atoms with Crippen molar-refractivity contribution in [3.8, 4) is 0 Å². The van der Waals surface area contributed by atoms with Gasteiger partial charge in [-0.2, -0.15) is 0 Å². The van der Waals surface area contributed by atoms with E-state index in [0.717, 1.165) is 38.5 Å². The molecule has 0 saturated carbocycles. The van der Waals surface area contributed by atoms with E-state index in [4.69, 9.17) is 4.52 Å². The highest BCUT2D eigenvalue weighted by Crippen LogP contribution is 2.17. The number of amides is 1. The van der Waals surface area contributed by atoms with Gasteiger partial charge in [0, 0.05) is 50.6 Å². The molecule has 7 nitrogen and oxygen atoms in total. The second-order valence-corrected chi connectivity index (χ2v) is 6.93. The highest BCUT2D eigenvalue weighted by atomic mass is 16.5. The molecule has 144 valence electrons. The maximum Gasteiger partial charge on any atom is 0.257 e. The van der Waals surface area contributed by atoms with Crippen LogP contribution in [0.25, 0.3) is 0 Å². The minimum Gasteiger partial charge on any atom is -0.360 e. The second-order valence-electron chi connectivity index (χ2n) is 6.93. The molecule has 0 atom stereocenters. The summed E-state index contributed by atoms with van der Waals surface area (Å²) < 4.78 is 4.98. The van der Waals surface area contributed by atoms with Gasteiger partial charge in [0.25, 0.3) is 5.91 Å². The molecule has 1 N–H and O–H groups in total. The summed E-state index contributed by atoms with van der Waals surface area (Å²) in [6, 6.07) is 15.7. The van der Waals surface area contributed by atoms with Gasteiger partial charge in [0.2, 0.25) is 0 Å². The summed E-state index contributed by atoms with van der Waals surface area (Å²) in [6.07, 6.45) is 1.68. The number of rotatable bonds is 5. The molecule has 3 aromatic rings. The molecule has 28 heavy (non-hydrogen) atoms. The predicted molar refractivity (Wildman–Crippen MR) is 107 cm³/mol. The lowest BCUT2D eigenvalue weighted by Crippen LogP contribution is -2.46. The van der Waals surface area contributed by atoms with Gasteiger partial charge in [-0.1, -0.05) is 35.5 Å². The Morgan fingerprint density at radius 1 is 1.11 bits per heavy atom. The molecule has 4 rings (SSSR count). The van der Waals surface area contributed by atoms with Crippen LogP contribution in [0.1, 0.15) is 21.7 Å². The Morgan fingerprint density at radius 2 is 1.89 bits per heavy atom. The third kappa shape index (κ3) is 4.37. The summed E-state index contributed by atoms with van der Waals surface area (Å²) in [5.41, 5.74) is 1.88. The van der Waals surface area contributed by atoms with Crippen LogP contribution in [0.2, 0.25) is 0 Å². The Bertz CT molecular complexity index is 933. The Morgan fingerprint density at radius 3 is 2.61 bits per heavy atom. The molecular formula is C21H23N5O2. The number of benzene rings is 1. The molecule has 3 heterocycles. The first-order valence-electron chi connectivity index (χ1n) is 9.39. The van der Waals surface area contributed by atoms with Crippen LogP contribution in [0, 0.1) is 6.92 Å². The molecule has 2 aromatic heterocycles. The van der Waals surface area contributed by atoms with Crippen molar-refractivity contribution < 1.29 is 9.32 Å². The number of piperazine rings is 1. The van der Waals surface area contributed by atoms with E-state index in [9.17, 15) is 4.79 Å². The number of hydrogen-bond acceptors (Lipinski definition) is 6. The zero-order chi connectivity index (χ0) is 19.3. The minimum atomic E-state index is -0.223. The first-order chi connectivity index (χ1) is 13.7. The molecule has 1 fully saturated rings. The number of aryl methyl sites for hydroxylation is 1. The summed E-state index contributed by atoms with van der Waals surface area (Å²) in [6.45, 7) is 6.43. The van der Waals surface area contributed by atoms with Gasteiger partial charge in [-0.05, 0) is 24.6 Å². The van der Waals surface area contributed by atoms with E-state index in [1.54, 1.807) is 25.3 Å². The van der Waals surface area contributed by atoms with Gasteiger partial charge in [-0.3, -0.25) is 9.69 Å². The van der Waals surface area contributed by atoms with Crippen LogP contribution in [0.15, 0.2) is 59.3 Å². The molecule has 1 aromatic carbocycles. The van der Waals surface area contributed by atoms with E-state index >= 15 is 0 Å². The van der Waals surface area contributed by atoms with Gasteiger partial charge in [0.15, 0.2) is 5.82 Å². The van der Waals surface area contributed by atoms with Crippen molar-refractivity contribution in [2.24, 2.45) is 0 Å². The SMILES string of the molecule is Cc1cc(NC(=O)c2ccnc(N3CCN(Cc4ccccc4)CC3)c2)no1. The smallest absolute Gasteiger partial charge is 0.257 e. The summed E-state index contributed by atoms with van der Waals surface area (Å²) in [5.74, 6) is 1.66. The summed E-state index contributed by atoms with van der Waals surface area (Å²) in [4.78, 5) is 21.6. The van der Waals surface area contributed by atoms with E-state index in [1.165, 1.54) is 5.56 Å². The van der Waals surface area contributed by atoms with Crippen LogP contribution in [0.5, 0.6) is 0 Å². The summed E-state index contributed by atoms with van der Waals surface area (Å²) in [5, 5.41) is 6.54. The van der Waals surface area contributed by atoms with E-state index < -0.39 is 0 Å². The monoisotopic (exact) mass is 377 g/mol. The number of anilines is 2. The number of nitrogens with zero attached hydrogens (tertiary/aromatic N) is 4. The van der Waals surface area contributed by atoms with E-state index in [2.05, 4.69) is 49.5 Å². The molecular weight excluding hydrogens is 354 g/mol. The molecule has 1 aliphatic rings. The standard InChI is InChI=1S/C21H23N5O2/c1-16-13-19(24-28-16)23-21(27)18-7-8-22-20(14-18)26-11-9-25(10-12-26)15-17-5-3-2-4-6-17/h2-8,13-14H,9-12,15H2,1H3,(H,23,24,27). The van der Waals surface area contributed by atoms with Crippen LogP contribution in [-0.2, 0) is 6.54 Å². The molecule has 1 amide bonds. The molecule has 1 saturated heterocycles. The zero-order valence-electron chi connectivity index (χ0n) is 15.8. The maximum atomic E-state index is 12.5. The van der Waals surface area contributed by atoms with Crippen LogP contribution in [0.3, 0.4) is 0 Å². The van der Waals surface area contributed by atoms with Gasteiger partial charge in [0.1, 0.15) is 11.6 Å². The van der Waals surface area contributed by atoms with Crippen LogP contribution in [-0.4, -0.2) is 47.1 Å². The quantitative estimate of drug-likeness (QED) is 0.737. The van der Waals surface area contributed by atoms with Crippen molar-refractivity contribution in [2.45, 2.75) is 13.5 Å². The molecule has 7 heteroatoms. The third-order valence-electron chi connectivity index (χ3n) is 4.82. The fourth-order valence-corrected chi connectivity index (χ4v) is 3.32. The highest BCUT2D eigenvalue weighted by molar-refractivity contribution is 6.04. The average Bonchev–Trinajstić information content (AvgIpc) is 3.14. The lowest BCUT2D eigenvalue weighted by atomic mass is 10.2. The number of aromatic nitrogens is 2. The molecule has 0 spiro atoms. The van der Waals surface area contributed by atoms with Crippen LogP contribution >= 0.6 is 0 Å². The Balaban J connectivity index is 1.36. The Hall–Kier alpha value is -3.19. The lowest BCUT2D eigenvalue weighted by Gasteiger charge is -2.35. The zero-order valence-corrected chi connectivity index (χ0v) is 15.8. The van der Waals surface area contributed by atoms with Crippen molar-refractivity contribution in [2.75, 3.05) is 36.4 Å². The van der Waals surface area contributed by atoms with Gasteiger partial charge >= 0.3 is 0 Å². The lowest BCUT2D eigenvalue weighted by molar-refractivity contribution is 0.102. The normalized spacial score (nSPS) is 14.8. The number of carbonyl (C=O) groups is 1. The Labute approximate surface area is 164 Å². The van der Waals surface area contributed by atoms with Gasteiger partial charge in [-0.15, -0.1) is 0 Å². The van der Waals surface area contributed by atoms with Crippen molar-refractivity contribution >= 4 is 17.5 Å². The minimum absolute atomic E-state index is 0.223. The van der Waals surface area contributed by atoms with Crippen LogP contribution < -0.4 is 10.2 Å². The topological polar surface area (TPSA) is 74.5 Å². The fraction of sp³-hybridized carbons (Fsp3) is 0.286. The molecule has 0 unspecified atom stereocenters. The third-order valence-corrected chi connectivity index (χ3v) is 4.82. The van der Waals surface area contributed by atoms with Crippen molar-refractivity contribution in [3.63, 3.8) is 0 Å². The van der Waals surface area contributed by atoms with Gasteiger partial charge in [0.05, 0.1) is 0 Å². The fourth-order valence-electron chi connectivity index (χ4n) is 3.32. The van der Waals surface area contributed by atoms with E-state index in [-0.39, 0.29) is 5.91 Å². The average molecular weight is 377 g/mol. The number of nitrogens with one attached hydrogen (secondary N) is 1. The maximum absolute atomic E-state index is 12.5. The van der Waals surface area contributed by atoms with Crippen molar-refractivity contribution in [3.05, 3.63) is 71.6 Å². The molecule has 0 aliphatic carbocycles. The summed E-state index contributed by atoms with van der Waals surface area (Å²) in [7, 11) is 0. The molecule has 1 aliphatic heterocycles. The summed E-state index contributed by atoms with van der Waals surface area (Å²) >= 11 is 0. The number of pyridine rings is 1. The van der Waals surface area contributed by atoms with Gasteiger partial charge in [-0.25, -0.2) is 4.98 Å². The van der Waals surface area contributed by atoms with Crippen molar-refractivity contribution in [1.82, 2.24) is 15.0 Å². The molecule has 0 bridgehead atoms. The first kappa shape index (κ1) is 18.2. The van der Waals surface area contributed by atoms with E-state index in [1.807, 2.05) is 12.1 Å². The molecule has 0 radical (unpaired) electrons. The van der Waals surface area contributed by atoms with Crippen LogP contribution in [0.4, 0.5) is 11.6 Å². The number of carbonyl (C=O) groups excluding carboxylic acids is 1. The number of hydrogen-bond donors (Lipinski definition) is 1. The second kappa shape index (κ2) is 8.22. The van der Waals surface area contributed by atoms with Crippen molar-refractivity contribution in [1.29, 1.82) is 0 Å². The predicted octanol–water partition coefficient (Wildman–Crippen LogP) is 2.95. The van der Waals surface area contributed by atoms with E-state index in [0.29, 0.717) is 17.1 Å².